The van der Waals surface area contributed by atoms with Gasteiger partial charge in [-0.2, -0.15) is 0 Å². The van der Waals surface area contributed by atoms with Crippen LogP contribution in [0.25, 0.3) is 66.9 Å². The Bertz CT molecular complexity index is 3110. The first-order valence-electron chi connectivity index (χ1n) is 17.6. The zero-order valence-corrected chi connectivity index (χ0v) is 37.7. The summed E-state index contributed by atoms with van der Waals surface area (Å²) in [5.74, 6) is 0.655. The van der Waals surface area contributed by atoms with Crippen molar-refractivity contribution in [3.8, 4) is 22.5 Å². The minimum absolute atomic E-state index is 0.328. The molecule has 59 heavy (non-hydrogen) atoms. The van der Waals surface area contributed by atoms with Gasteiger partial charge in [0.25, 0.3) is 0 Å². The SMILES string of the molecule is Brc1ncnc2nc[nH]c12.Clc1ccccc1-c1nc2cccc(I)c2nc1CNc1ncnc2nc[nH]c12.NCc1nc2c(I)cccc2nc1-c1ccccc1Cl. The summed E-state index contributed by atoms with van der Waals surface area (Å²) in [4.78, 5) is 49.5. The third-order valence-electron chi connectivity index (χ3n) is 8.71. The van der Waals surface area contributed by atoms with Gasteiger partial charge < -0.3 is 21.0 Å². The highest BCUT2D eigenvalue weighted by molar-refractivity contribution is 14.1. The second kappa shape index (κ2) is 18.5. The van der Waals surface area contributed by atoms with Gasteiger partial charge in [-0.1, -0.05) is 71.7 Å². The number of aromatic nitrogens is 12. The Hall–Kier alpha value is -5.06. The van der Waals surface area contributed by atoms with E-state index in [2.05, 4.69) is 111 Å². The van der Waals surface area contributed by atoms with Crippen LogP contribution in [0.1, 0.15) is 11.4 Å². The minimum Gasteiger partial charge on any atom is -0.362 e. The number of benzene rings is 4. The number of hydrogen-bond acceptors (Lipinski definition) is 12. The average molecular weight is 1110 g/mol. The lowest BCUT2D eigenvalue weighted by Gasteiger charge is -2.13. The molecule has 0 saturated heterocycles. The molecule has 6 heterocycles. The quantitative estimate of drug-likeness (QED) is 0.0910. The van der Waals surface area contributed by atoms with Crippen LogP contribution < -0.4 is 11.1 Å². The molecule has 0 bridgehead atoms. The second-order valence-corrected chi connectivity index (χ2v) is 16.2. The Morgan fingerprint density at radius 2 is 1.12 bits per heavy atom. The van der Waals surface area contributed by atoms with Gasteiger partial charge in [-0.3, -0.25) is 0 Å². The van der Waals surface area contributed by atoms with E-state index in [1.807, 2.05) is 84.9 Å². The molecule has 6 aromatic heterocycles. The maximum Gasteiger partial charge on any atom is 0.182 e. The van der Waals surface area contributed by atoms with Crippen LogP contribution in [0.15, 0.2) is 115 Å². The molecule has 0 amide bonds. The highest BCUT2D eigenvalue weighted by atomic mass is 127. The van der Waals surface area contributed by atoms with Gasteiger partial charge in [0.2, 0.25) is 0 Å². The van der Waals surface area contributed by atoms with Gasteiger partial charge in [0.05, 0.1) is 63.1 Å². The van der Waals surface area contributed by atoms with Crippen molar-refractivity contribution in [1.82, 2.24) is 59.8 Å². The first-order valence-corrected chi connectivity index (χ1v) is 21.3. The van der Waals surface area contributed by atoms with E-state index in [1.165, 1.54) is 12.7 Å². The fourth-order valence-electron chi connectivity index (χ4n) is 5.96. The summed E-state index contributed by atoms with van der Waals surface area (Å²) in [5.41, 5.74) is 16.9. The number of para-hydroxylation sites is 2. The van der Waals surface area contributed by atoms with Gasteiger partial charge in [-0.05, 0) is 97.5 Å². The molecular formula is C40H27BrCl2I2N14. The highest BCUT2D eigenvalue weighted by Crippen LogP contribution is 2.32. The van der Waals surface area contributed by atoms with E-state index in [9.17, 15) is 0 Å². The van der Waals surface area contributed by atoms with E-state index in [-0.39, 0.29) is 0 Å². The molecule has 0 aliphatic heterocycles. The third kappa shape index (κ3) is 8.94. The van der Waals surface area contributed by atoms with Crippen molar-refractivity contribution in [3.05, 3.63) is 143 Å². The van der Waals surface area contributed by atoms with Crippen LogP contribution in [0.2, 0.25) is 10.0 Å². The molecule has 0 saturated carbocycles. The van der Waals surface area contributed by atoms with Gasteiger partial charge in [0.15, 0.2) is 17.1 Å². The standard InChI is InChI=1S/C20H13ClIN7.C15H11ClIN3.C5H3BrN4/c21-12-5-2-1-4-11(12)16-15(29-17-13(22)6-3-7-14(17)28-16)8-23-19-18-20(25-9-24-18)27-10-26-19;16-10-5-2-1-4-9(10)14-13(8-18)20-15-11(17)6-3-7-12(15)19-14;6-4-3-5(9-1-7-3)10-2-8-4/h1-7,9-10H,8H2,(H2,23,24,25,26,27);1-7H,8,18H2;1-2H,(H,7,8,9,10). The molecule has 14 nitrogen and oxygen atoms in total. The van der Waals surface area contributed by atoms with Crippen LogP contribution in [-0.4, -0.2) is 59.8 Å². The molecule has 292 valence electrons. The summed E-state index contributed by atoms with van der Waals surface area (Å²) in [6.45, 7) is 0.744. The summed E-state index contributed by atoms with van der Waals surface area (Å²) < 4.78 is 2.85. The molecule has 5 N–H and O–H groups in total. The van der Waals surface area contributed by atoms with Crippen molar-refractivity contribution in [1.29, 1.82) is 0 Å². The van der Waals surface area contributed by atoms with Crippen molar-refractivity contribution in [2.75, 3.05) is 5.32 Å². The molecule has 10 rings (SSSR count). The molecule has 0 spiro atoms. The zero-order valence-electron chi connectivity index (χ0n) is 30.2. The summed E-state index contributed by atoms with van der Waals surface area (Å²) in [6.07, 6.45) is 6.13. The predicted molar refractivity (Wildman–Crippen MR) is 252 cm³/mol. The van der Waals surface area contributed by atoms with E-state index in [0.717, 1.165) is 78.7 Å². The molecule has 0 aliphatic carbocycles. The molecule has 0 fully saturated rings. The van der Waals surface area contributed by atoms with E-state index < -0.39 is 0 Å². The molecule has 0 atom stereocenters. The molecule has 19 heteroatoms. The molecular weight excluding hydrogens is 1080 g/mol. The Morgan fingerprint density at radius 3 is 1.69 bits per heavy atom. The predicted octanol–water partition coefficient (Wildman–Crippen LogP) is 9.96. The number of aromatic amines is 2. The molecule has 10 aromatic rings. The van der Waals surface area contributed by atoms with Crippen molar-refractivity contribution >= 4 is 135 Å². The van der Waals surface area contributed by atoms with Gasteiger partial charge in [-0.15, -0.1) is 0 Å². The average Bonchev–Trinajstić information content (AvgIpc) is 3.95. The van der Waals surface area contributed by atoms with Crippen LogP contribution in [0.5, 0.6) is 0 Å². The number of fused-ring (bicyclic) bond motifs is 4. The Labute approximate surface area is 381 Å². The maximum absolute atomic E-state index is 6.47. The number of nitrogens with zero attached hydrogens (tertiary/aromatic N) is 10. The van der Waals surface area contributed by atoms with E-state index >= 15 is 0 Å². The highest BCUT2D eigenvalue weighted by Gasteiger charge is 2.17. The van der Waals surface area contributed by atoms with E-state index in [1.54, 1.807) is 12.7 Å². The number of H-pyrrole nitrogens is 2. The number of nitrogens with two attached hydrogens (primary N) is 1. The zero-order chi connectivity index (χ0) is 40.9. The lowest BCUT2D eigenvalue weighted by atomic mass is 10.1. The van der Waals surface area contributed by atoms with Gasteiger partial charge >= 0.3 is 0 Å². The Morgan fingerprint density at radius 1 is 0.593 bits per heavy atom. The van der Waals surface area contributed by atoms with Gasteiger partial charge in [0.1, 0.15) is 39.3 Å². The van der Waals surface area contributed by atoms with Gasteiger partial charge in [0, 0.05) is 24.8 Å². The fraction of sp³-hybridized carbons (Fsp3) is 0.0500. The molecule has 0 radical (unpaired) electrons. The molecule has 0 unspecified atom stereocenters. The van der Waals surface area contributed by atoms with E-state index in [0.29, 0.717) is 40.2 Å². The van der Waals surface area contributed by atoms with E-state index in [4.69, 9.17) is 43.9 Å². The van der Waals surface area contributed by atoms with Crippen LogP contribution in [0.3, 0.4) is 0 Å². The largest absolute Gasteiger partial charge is 0.362 e. The smallest absolute Gasteiger partial charge is 0.182 e. The van der Waals surface area contributed by atoms with Crippen molar-refractivity contribution in [2.45, 2.75) is 13.1 Å². The van der Waals surface area contributed by atoms with Crippen LogP contribution in [0, 0.1) is 7.14 Å². The van der Waals surface area contributed by atoms with Crippen molar-refractivity contribution in [3.63, 3.8) is 0 Å². The number of halogens is 5. The first kappa shape index (κ1) is 40.7. The number of imidazole rings is 2. The summed E-state index contributed by atoms with van der Waals surface area (Å²) in [7, 11) is 0. The topological polar surface area (TPSA) is 199 Å². The number of hydrogen-bond donors (Lipinski definition) is 4. The normalized spacial score (nSPS) is 11.0. The fourth-order valence-corrected chi connectivity index (χ4v) is 8.00. The summed E-state index contributed by atoms with van der Waals surface area (Å²) in [6, 6.07) is 27.1. The second-order valence-electron chi connectivity index (χ2n) is 12.4. The van der Waals surface area contributed by atoms with Crippen molar-refractivity contribution in [2.24, 2.45) is 5.73 Å². The lowest BCUT2D eigenvalue weighted by molar-refractivity contribution is 0.991. The molecule has 4 aromatic carbocycles. The number of anilines is 1. The van der Waals surface area contributed by atoms with Crippen LogP contribution >= 0.6 is 84.3 Å². The number of nitrogens with one attached hydrogen (secondary N) is 3. The van der Waals surface area contributed by atoms with Crippen LogP contribution in [-0.2, 0) is 13.1 Å². The lowest BCUT2D eigenvalue weighted by Crippen LogP contribution is -2.08. The van der Waals surface area contributed by atoms with Crippen LogP contribution in [0.4, 0.5) is 5.82 Å². The Kier molecular flexibility index (Phi) is 12.7. The number of rotatable bonds is 6. The summed E-state index contributed by atoms with van der Waals surface area (Å²) in [5, 5.41) is 4.62. The van der Waals surface area contributed by atoms with Crippen molar-refractivity contribution < 1.29 is 0 Å². The maximum atomic E-state index is 6.47. The summed E-state index contributed by atoms with van der Waals surface area (Å²) >= 11 is 20.5. The minimum atomic E-state index is 0.328. The monoisotopic (exact) mass is 1110 g/mol. The van der Waals surface area contributed by atoms with Gasteiger partial charge in [-0.25, -0.2) is 49.8 Å². The third-order valence-corrected chi connectivity index (χ3v) is 11.7. The Balaban J connectivity index is 0.000000138. The first-order chi connectivity index (χ1) is 28.8. The molecule has 0 aliphatic rings.